The van der Waals surface area contributed by atoms with Crippen LogP contribution < -0.4 is 5.32 Å². The fraction of sp³-hybridized carbons (Fsp3) is 0.176. The van der Waals surface area contributed by atoms with E-state index in [0.29, 0.717) is 0 Å². The highest BCUT2D eigenvalue weighted by atomic mass is 35.5. The van der Waals surface area contributed by atoms with E-state index < -0.39 is 0 Å². The monoisotopic (exact) mass is 297 g/mol. The molecule has 0 radical (unpaired) electrons. The molecule has 0 saturated carbocycles. The van der Waals surface area contributed by atoms with Gasteiger partial charge in [0.05, 0.1) is 5.52 Å². The fourth-order valence-corrected chi connectivity index (χ4v) is 2.61. The first-order valence-corrected chi connectivity index (χ1v) is 7.38. The standard InChI is InChI=1S/C17H16ClN3/c1-2-12-7-3-4-8-13(12)11-19-16-14-9-5-6-10-15(14)20-17(18)21-16/h3-10H,2,11H2,1H3,(H,19,20,21). The molecule has 1 N–H and O–H groups in total. The van der Waals surface area contributed by atoms with Gasteiger partial charge in [0, 0.05) is 11.9 Å². The summed E-state index contributed by atoms with van der Waals surface area (Å²) < 4.78 is 0. The number of rotatable bonds is 4. The second kappa shape index (κ2) is 6.10. The van der Waals surface area contributed by atoms with Gasteiger partial charge >= 0.3 is 0 Å². The molecule has 0 aliphatic rings. The van der Waals surface area contributed by atoms with Crippen LogP contribution in [0.5, 0.6) is 0 Å². The van der Waals surface area contributed by atoms with Crippen molar-refractivity contribution >= 4 is 28.3 Å². The van der Waals surface area contributed by atoms with Crippen molar-refractivity contribution < 1.29 is 0 Å². The van der Waals surface area contributed by atoms with Gasteiger partial charge in [0.25, 0.3) is 0 Å². The number of aryl methyl sites for hydroxylation is 1. The number of fused-ring (bicyclic) bond motifs is 1. The molecule has 0 fully saturated rings. The molecule has 1 aromatic heterocycles. The van der Waals surface area contributed by atoms with Crippen LogP contribution in [0.3, 0.4) is 0 Å². The molecule has 3 rings (SSSR count). The summed E-state index contributed by atoms with van der Waals surface area (Å²) in [4.78, 5) is 8.55. The Kier molecular flexibility index (Phi) is 4.02. The topological polar surface area (TPSA) is 37.8 Å². The van der Waals surface area contributed by atoms with Gasteiger partial charge in [-0.05, 0) is 41.3 Å². The summed E-state index contributed by atoms with van der Waals surface area (Å²) in [6, 6.07) is 16.3. The van der Waals surface area contributed by atoms with Crippen molar-refractivity contribution in [3.63, 3.8) is 0 Å². The highest BCUT2D eigenvalue weighted by Crippen LogP contribution is 2.22. The van der Waals surface area contributed by atoms with Crippen LogP contribution >= 0.6 is 11.6 Å². The second-order valence-electron chi connectivity index (χ2n) is 4.83. The number of halogens is 1. The maximum absolute atomic E-state index is 6.00. The summed E-state index contributed by atoms with van der Waals surface area (Å²) in [5.41, 5.74) is 3.47. The lowest BCUT2D eigenvalue weighted by Gasteiger charge is -2.11. The van der Waals surface area contributed by atoms with Crippen LogP contribution in [0.4, 0.5) is 5.82 Å². The zero-order valence-corrected chi connectivity index (χ0v) is 12.6. The maximum atomic E-state index is 6.00. The Bertz CT molecular complexity index is 771. The normalized spacial score (nSPS) is 10.8. The summed E-state index contributed by atoms with van der Waals surface area (Å²) in [5, 5.41) is 4.63. The molecular formula is C17H16ClN3. The highest BCUT2D eigenvalue weighted by molar-refractivity contribution is 6.28. The van der Waals surface area contributed by atoms with Crippen molar-refractivity contribution in [3.05, 3.63) is 64.9 Å². The maximum Gasteiger partial charge on any atom is 0.224 e. The number of hydrogen-bond acceptors (Lipinski definition) is 3. The van der Waals surface area contributed by atoms with Crippen LogP contribution in [0, 0.1) is 0 Å². The van der Waals surface area contributed by atoms with Crippen LogP contribution in [0.1, 0.15) is 18.1 Å². The highest BCUT2D eigenvalue weighted by Gasteiger charge is 2.07. The van der Waals surface area contributed by atoms with E-state index in [1.807, 2.05) is 24.3 Å². The quantitative estimate of drug-likeness (QED) is 0.723. The third kappa shape index (κ3) is 2.98. The number of hydrogen-bond donors (Lipinski definition) is 1. The van der Waals surface area contributed by atoms with E-state index >= 15 is 0 Å². The Morgan fingerprint density at radius 3 is 2.48 bits per heavy atom. The van der Waals surface area contributed by atoms with Gasteiger partial charge in [0.15, 0.2) is 0 Å². The molecule has 2 aromatic carbocycles. The van der Waals surface area contributed by atoms with Gasteiger partial charge in [-0.1, -0.05) is 43.3 Å². The zero-order valence-electron chi connectivity index (χ0n) is 11.8. The van der Waals surface area contributed by atoms with Crippen molar-refractivity contribution in [1.29, 1.82) is 0 Å². The smallest absolute Gasteiger partial charge is 0.224 e. The largest absolute Gasteiger partial charge is 0.365 e. The van der Waals surface area contributed by atoms with Gasteiger partial charge in [-0.3, -0.25) is 0 Å². The summed E-state index contributed by atoms with van der Waals surface area (Å²) >= 11 is 6.00. The number of nitrogens with one attached hydrogen (secondary N) is 1. The third-order valence-corrected chi connectivity index (χ3v) is 3.69. The summed E-state index contributed by atoms with van der Waals surface area (Å²) in [7, 11) is 0. The van der Waals surface area contributed by atoms with Crippen LogP contribution in [0.25, 0.3) is 10.9 Å². The first-order chi connectivity index (χ1) is 10.3. The van der Waals surface area contributed by atoms with Crippen LogP contribution in [0.2, 0.25) is 5.28 Å². The molecule has 0 saturated heterocycles. The molecule has 0 aliphatic carbocycles. The predicted octanol–water partition coefficient (Wildman–Crippen LogP) is 4.46. The van der Waals surface area contributed by atoms with E-state index in [2.05, 4.69) is 46.5 Å². The number of aromatic nitrogens is 2. The van der Waals surface area contributed by atoms with Crippen LogP contribution in [-0.2, 0) is 13.0 Å². The Morgan fingerprint density at radius 2 is 1.67 bits per heavy atom. The molecule has 1 heterocycles. The molecule has 4 heteroatoms. The van der Waals surface area contributed by atoms with Gasteiger partial charge in [-0.15, -0.1) is 0 Å². The average Bonchev–Trinajstić information content (AvgIpc) is 2.52. The van der Waals surface area contributed by atoms with E-state index in [9.17, 15) is 0 Å². The van der Waals surface area contributed by atoms with E-state index in [1.54, 1.807) is 0 Å². The molecule has 0 amide bonds. The minimum absolute atomic E-state index is 0.264. The SMILES string of the molecule is CCc1ccccc1CNc1nc(Cl)nc2ccccc12. The molecule has 21 heavy (non-hydrogen) atoms. The van der Waals surface area contributed by atoms with Crippen LogP contribution in [-0.4, -0.2) is 9.97 Å². The first-order valence-electron chi connectivity index (χ1n) is 7.01. The van der Waals surface area contributed by atoms with E-state index in [-0.39, 0.29) is 5.28 Å². The molecule has 0 unspecified atom stereocenters. The molecule has 3 aromatic rings. The lowest BCUT2D eigenvalue weighted by atomic mass is 10.1. The third-order valence-electron chi connectivity index (χ3n) is 3.52. The van der Waals surface area contributed by atoms with Gasteiger partial charge in [-0.2, -0.15) is 0 Å². The zero-order chi connectivity index (χ0) is 14.7. The number of nitrogens with zero attached hydrogens (tertiary/aromatic N) is 2. The lowest BCUT2D eigenvalue weighted by molar-refractivity contribution is 1.03. The van der Waals surface area contributed by atoms with E-state index in [4.69, 9.17) is 11.6 Å². The molecular weight excluding hydrogens is 282 g/mol. The average molecular weight is 298 g/mol. The number of anilines is 1. The molecule has 106 valence electrons. The van der Waals surface area contributed by atoms with Crippen LogP contribution in [0.15, 0.2) is 48.5 Å². The first kappa shape index (κ1) is 13.8. The Labute approximate surface area is 129 Å². The molecule has 0 aliphatic heterocycles. The van der Waals surface area contributed by atoms with Gasteiger partial charge in [-0.25, -0.2) is 9.97 Å². The fourth-order valence-electron chi connectivity index (χ4n) is 2.44. The Balaban J connectivity index is 1.92. The molecule has 0 atom stereocenters. The lowest BCUT2D eigenvalue weighted by Crippen LogP contribution is -2.05. The minimum atomic E-state index is 0.264. The van der Waals surface area contributed by atoms with E-state index in [0.717, 1.165) is 29.7 Å². The van der Waals surface area contributed by atoms with Crippen molar-refractivity contribution in [1.82, 2.24) is 9.97 Å². The Morgan fingerprint density at radius 1 is 0.952 bits per heavy atom. The van der Waals surface area contributed by atoms with Crippen molar-refractivity contribution in [2.45, 2.75) is 19.9 Å². The predicted molar refractivity (Wildman–Crippen MR) is 87.7 cm³/mol. The number of para-hydroxylation sites is 1. The van der Waals surface area contributed by atoms with Crippen molar-refractivity contribution in [2.75, 3.05) is 5.32 Å². The molecule has 0 bridgehead atoms. The molecule has 3 nitrogen and oxygen atoms in total. The minimum Gasteiger partial charge on any atom is -0.365 e. The van der Waals surface area contributed by atoms with E-state index in [1.165, 1.54) is 11.1 Å². The second-order valence-corrected chi connectivity index (χ2v) is 5.17. The van der Waals surface area contributed by atoms with Gasteiger partial charge in [0.2, 0.25) is 5.28 Å². The summed E-state index contributed by atoms with van der Waals surface area (Å²) in [5.74, 6) is 0.775. The van der Waals surface area contributed by atoms with Crippen molar-refractivity contribution in [3.8, 4) is 0 Å². The Hall–Kier alpha value is -2.13. The number of benzene rings is 2. The van der Waals surface area contributed by atoms with Gasteiger partial charge < -0.3 is 5.32 Å². The summed E-state index contributed by atoms with van der Waals surface area (Å²) in [6.45, 7) is 2.89. The summed E-state index contributed by atoms with van der Waals surface area (Å²) in [6.07, 6.45) is 1.02. The molecule has 0 spiro atoms. The van der Waals surface area contributed by atoms with Crippen molar-refractivity contribution in [2.24, 2.45) is 0 Å². The van der Waals surface area contributed by atoms with Gasteiger partial charge in [0.1, 0.15) is 5.82 Å².